The maximum atomic E-state index is 12.0. The van der Waals surface area contributed by atoms with E-state index in [2.05, 4.69) is 20.9 Å². The van der Waals surface area contributed by atoms with Gasteiger partial charge in [0, 0.05) is 10.2 Å². The summed E-state index contributed by atoms with van der Waals surface area (Å²) in [5, 5.41) is 0. The van der Waals surface area contributed by atoms with Crippen LogP contribution in [0.25, 0.3) is 6.08 Å². The van der Waals surface area contributed by atoms with Crippen molar-refractivity contribution in [3.8, 4) is 0 Å². The van der Waals surface area contributed by atoms with Gasteiger partial charge in [0.1, 0.15) is 0 Å². The highest BCUT2D eigenvalue weighted by molar-refractivity contribution is 9.10. The number of aromatic amines is 1. The van der Waals surface area contributed by atoms with Gasteiger partial charge in [-0.3, -0.25) is 4.79 Å². The van der Waals surface area contributed by atoms with Gasteiger partial charge in [0.15, 0.2) is 9.74 Å². The second-order valence-corrected chi connectivity index (χ2v) is 6.32. The van der Waals surface area contributed by atoms with E-state index in [1.165, 1.54) is 11.3 Å². The molecule has 1 aromatic heterocycles. The van der Waals surface area contributed by atoms with Crippen molar-refractivity contribution in [2.24, 2.45) is 0 Å². The molecule has 0 unspecified atom stereocenters. The molecule has 0 saturated carbocycles. The van der Waals surface area contributed by atoms with E-state index in [1.54, 1.807) is 12.2 Å². The summed E-state index contributed by atoms with van der Waals surface area (Å²) in [5.41, 5.74) is 1.82. The van der Waals surface area contributed by atoms with E-state index in [4.69, 9.17) is 12.2 Å². The molecule has 0 amide bonds. The zero-order chi connectivity index (χ0) is 13.1. The lowest BCUT2D eigenvalue weighted by Gasteiger charge is -1.94. The number of benzene rings is 1. The number of ketones is 1. The number of aryl methyl sites for hydroxylation is 1. The van der Waals surface area contributed by atoms with Gasteiger partial charge in [0.25, 0.3) is 0 Å². The van der Waals surface area contributed by atoms with Crippen LogP contribution in [-0.2, 0) is 0 Å². The summed E-state index contributed by atoms with van der Waals surface area (Å²) in [5.74, 6) is -0.0206. The highest BCUT2D eigenvalue weighted by Gasteiger charge is 2.08. The number of nitrogens with one attached hydrogen (secondary N) is 1. The van der Waals surface area contributed by atoms with Crippen molar-refractivity contribution in [3.05, 3.63) is 54.9 Å². The van der Waals surface area contributed by atoms with Crippen LogP contribution in [0.2, 0.25) is 0 Å². The molecule has 0 saturated heterocycles. The molecule has 0 aliphatic heterocycles. The number of carbonyl (C=O) groups excluding carboxylic acids is 1. The van der Waals surface area contributed by atoms with Crippen LogP contribution in [0.3, 0.4) is 0 Å². The molecule has 92 valence electrons. The topological polar surface area (TPSA) is 32.9 Å². The standard InChI is InChI=1S/C13H10BrNOS2/c1-8-12(18-13(17)15-8)11(16)7-4-9-2-5-10(14)6-3-9/h2-7H,1H3,(H,15,17)/b7-4+. The van der Waals surface area contributed by atoms with Gasteiger partial charge in [-0.1, -0.05) is 34.1 Å². The summed E-state index contributed by atoms with van der Waals surface area (Å²) in [6.45, 7) is 1.85. The quantitative estimate of drug-likeness (QED) is 0.496. The second kappa shape index (κ2) is 5.73. The van der Waals surface area contributed by atoms with Crippen LogP contribution < -0.4 is 0 Å². The Bertz CT molecular complexity index is 652. The van der Waals surface area contributed by atoms with Crippen LogP contribution >= 0.6 is 39.5 Å². The molecule has 1 N–H and O–H groups in total. The maximum Gasteiger partial charge on any atom is 0.197 e. The van der Waals surface area contributed by atoms with Crippen molar-refractivity contribution in [1.82, 2.24) is 4.98 Å². The Morgan fingerprint density at radius 3 is 2.61 bits per heavy atom. The normalized spacial score (nSPS) is 11.0. The third-order valence-electron chi connectivity index (χ3n) is 2.35. The third kappa shape index (κ3) is 3.25. The molecule has 2 nitrogen and oxygen atoms in total. The van der Waals surface area contributed by atoms with Gasteiger partial charge >= 0.3 is 0 Å². The predicted octanol–water partition coefficient (Wildman–Crippen LogP) is 4.77. The predicted molar refractivity (Wildman–Crippen MR) is 81.7 cm³/mol. The lowest BCUT2D eigenvalue weighted by molar-refractivity contribution is 0.105. The smallest absolute Gasteiger partial charge is 0.197 e. The molecule has 1 heterocycles. The van der Waals surface area contributed by atoms with Gasteiger partial charge in [-0.2, -0.15) is 0 Å². The van der Waals surface area contributed by atoms with Gasteiger partial charge in [-0.15, -0.1) is 11.3 Å². The Morgan fingerprint density at radius 1 is 1.39 bits per heavy atom. The number of H-pyrrole nitrogens is 1. The monoisotopic (exact) mass is 339 g/mol. The molecule has 0 aliphatic carbocycles. The summed E-state index contributed by atoms with van der Waals surface area (Å²) >= 11 is 9.69. The number of halogens is 1. The summed E-state index contributed by atoms with van der Waals surface area (Å²) in [7, 11) is 0. The zero-order valence-corrected chi connectivity index (χ0v) is 12.8. The van der Waals surface area contributed by atoms with Crippen molar-refractivity contribution in [1.29, 1.82) is 0 Å². The average Bonchev–Trinajstić information content (AvgIpc) is 2.67. The molecule has 0 radical (unpaired) electrons. The first-order chi connectivity index (χ1) is 8.56. The molecule has 0 bridgehead atoms. The van der Waals surface area contributed by atoms with Crippen molar-refractivity contribution in [2.75, 3.05) is 0 Å². The Balaban J connectivity index is 2.19. The van der Waals surface area contributed by atoms with E-state index in [0.29, 0.717) is 8.83 Å². The molecule has 2 rings (SSSR count). The van der Waals surface area contributed by atoms with Crippen molar-refractivity contribution in [2.45, 2.75) is 6.92 Å². The van der Waals surface area contributed by atoms with Gasteiger partial charge in [0.2, 0.25) is 0 Å². The van der Waals surface area contributed by atoms with E-state index in [9.17, 15) is 4.79 Å². The number of thiazole rings is 1. The van der Waals surface area contributed by atoms with Crippen LogP contribution in [0.1, 0.15) is 20.9 Å². The number of allylic oxidation sites excluding steroid dienone is 1. The average molecular weight is 340 g/mol. The minimum atomic E-state index is -0.0206. The molecule has 2 aromatic rings. The number of hydrogen-bond donors (Lipinski definition) is 1. The van der Waals surface area contributed by atoms with E-state index < -0.39 is 0 Å². The number of rotatable bonds is 3. The third-order valence-corrected chi connectivity index (χ3v) is 4.23. The second-order valence-electron chi connectivity index (χ2n) is 3.72. The van der Waals surface area contributed by atoms with E-state index in [0.717, 1.165) is 15.7 Å². The van der Waals surface area contributed by atoms with Crippen LogP contribution in [-0.4, -0.2) is 10.8 Å². The fourth-order valence-corrected chi connectivity index (χ4v) is 2.89. The first-order valence-corrected chi connectivity index (χ1v) is 7.26. The zero-order valence-electron chi connectivity index (χ0n) is 9.57. The van der Waals surface area contributed by atoms with Crippen LogP contribution in [0.15, 0.2) is 34.8 Å². The van der Waals surface area contributed by atoms with Gasteiger partial charge in [-0.25, -0.2) is 0 Å². The lowest BCUT2D eigenvalue weighted by Crippen LogP contribution is -1.93. The molecule has 0 fully saturated rings. The fraction of sp³-hybridized carbons (Fsp3) is 0.0769. The molecule has 18 heavy (non-hydrogen) atoms. The summed E-state index contributed by atoms with van der Waals surface area (Å²) < 4.78 is 1.65. The van der Waals surface area contributed by atoms with Crippen LogP contribution in [0, 0.1) is 10.9 Å². The van der Waals surface area contributed by atoms with E-state index in [-0.39, 0.29) is 5.78 Å². The van der Waals surface area contributed by atoms with Crippen molar-refractivity contribution in [3.63, 3.8) is 0 Å². The molecule has 1 aromatic carbocycles. The van der Waals surface area contributed by atoms with Gasteiger partial charge in [-0.05, 0) is 42.9 Å². The highest BCUT2D eigenvalue weighted by Crippen LogP contribution is 2.17. The minimum absolute atomic E-state index is 0.0206. The van der Waals surface area contributed by atoms with Gasteiger partial charge < -0.3 is 4.98 Å². The van der Waals surface area contributed by atoms with E-state index in [1.807, 2.05) is 31.2 Å². The Hall–Kier alpha value is -1.04. The molecule has 0 atom stereocenters. The molecule has 0 aliphatic rings. The number of hydrogen-bond acceptors (Lipinski definition) is 3. The fourth-order valence-electron chi connectivity index (χ4n) is 1.46. The Kier molecular flexibility index (Phi) is 4.27. The first-order valence-electron chi connectivity index (χ1n) is 5.24. The number of carbonyl (C=O) groups is 1. The molecular weight excluding hydrogens is 330 g/mol. The first kappa shape index (κ1) is 13.4. The van der Waals surface area contributed by atoms with Crippen molar-refractivity contribution >= 4 is 51.3 Å². The minimum Gasteiger partial charge on any atom is -0.340 e. The van der Waals surface area contributed by atoms with E-state index >= 15 is 0 Å². The highest BCUT2D eigenvalue weighted by atomic mass is 79.9. The largest absolute Gasteiger partial charge is 0.340 e. The van der Waals surface area contributed by atoms with Crippen LogP contribution in [0.4, 0.5) is 0 Å². The Morgan fingerprint density at radius 2 is 2.06 bits per heavy atom. The summed E-state index contributed by atoms with van der Waals surface area (Å²) in [6.07, 6.45) is 3.38. The molecular formula is C13H10BrNOS2. The van der Waals surface area contributed by atoms with Crippen LogP contribution in [0.5, 0.6) is 0 Å². The molecule has 5 heteroatoms. The summed E-state index contributed by atoms with van der Waals surface area (Å²) in [6, 6.07) is 7.77. The molecule has 0 spiro atoms. The van der Waals surface area contributed by atoms with Gasteiger partial charge in [0.05, 0.1) is 4.88 Å². The van der Waals surface area contributed by atoms with Crippen molar-refractivity contribution < 1.29 is 4.79 Å². The maximum absolute atomic E-state index is 12.0. The Labute approximate surface area is 123 Å². The lowest BCUT2D eigenvalue weighted by atomic mass is 10.2. The number of aromatic nitrogens is 1. The summed E-state index contributed by atoms with van der Waals surface area (Å²) in [4.78, 5) is 15.6. The SMILES string of the molecule is Cc1[nH]c(=S)sc1C(=O)/C=C/c1ccc(Br)cc1.